The van der Waals surface area contributed by atoms with Crippen molar-refractivity contribution in [2.45, 2.75) is 13.8 Å². The van der Waals surface area contributed by atoms with Crippen LogP contribution in [0, 0.1) is 13.8 Å². The Morgan fingerprint density at radius 3 is 1.62 bits per heavy atom. The van der Waals surface area contributed by atoms with Gasteiger partial charge in [0.1, 0.15) is 39.8 Å². The molecule has 0 aliphatic heterocycles. The summed E-state index contributed by atoms with van der Waals surface area (Å²) >= 11 is -3.21. The highest BCUT2D eigenvalue weighted by Crippen LogP contribution is 2.41. The number of aromatic hydroxyl groups is 1. The molecule has 0 radical (unpaired) electrons. The molecular weight excluding hydrogens is 603 g/mol. The second kappa shape index (κ2) is 13.1. The fraction of sp³-hybridized carbons (Fsp3) is 0.0769. The maximum Gasteiger partial charge on any atom is 1.20 e. The fourth-order valence-electron chi connectivity index (χ4n) is 5.73. The Balaban J connectivity index is 1.40. The third kappa shape index (κ3) is 6.17. The molecule has 0 aliphatic rings. The first kappa shape index (κ1) is 30.1. The lowest BCUT2D eigenvalue weighted by molar-refractivity contribution is 0.310. The molecule has 7 nitrogen and oxygen atoms in total. The summed E-state index contributed by atoms with van der Waals surface area (Å²) in [6.07, 6.45) is 0. The molecule has 7 aromatic rings. The number of rotatable bonds is 9. The van der Waals surface area contributed by atoms with Crippen molar-refractivity contribution in [1.29, 1.82) is 0 Å². The first-order chi connectivity index (χ1) is 23.0. The van der Waals surface area contributed by atoms with E-state index in [4.69, 9.17) is 26.1 Å². The standard InChI is InChI=1S/C18H14O.C11H11NO2.C10H9NO2.Al/c19-18-16(14-8-3-1-4-9-14)12-7-13-17(18)15-10-5-2-6-11-15;1-7-6-10(14-2)8-4-3-5-9(13)11(8)12-7;1-6-5-9(13)7-3-2-4-8(12)10(7)11-6;/h1-13,19H;3-6,13H,1-2H3;2-5,12H,1H3,(H,11,13);/q;;;+3/p-3. The zero-order valence-electron chi connectivity index (χ0n) is 26.2. The Bertz CT molecular complexity index is 2150. The Hall–Kier alpha value is -5.55. The van der Waals surface area contributed by atoms with E-state index in [-0.39, 0.29) is 5.75 Å². The normalized spacial score (nSPS) is 11.0. The number of nitrogens with zero attached hydrogens (tertiary/aromatic N) is 2. The zero-order valence-corrected chi connectivity index (χ0v) is 27.3. The van der Waals surface area contributed by atoms with E-state index in [1.807, 2.05) is 111 Å². The van der Waals surface area contributed by atoms with Gasteiger partial charge in [0.05, 0.1) is 7.11 Å². The number of benzene rings is 5. The van der Waals surface area contributed by atoms with Crippen LogP contribution in [0.5, 0.6) is 28.7 Å². The molecule has 0 aliphatic carbocycles. The molecule has 7 rings (SSSR count). The molecule has 2 aromatic heterocycles. The van der Waals surface area contributed by atoms with E-state index in [9.17, 15) is 5.11 Å². The zero-order chi connectivity index (χ0) is 32.3. The van der Waals surface area contributed by atoms with Gasteiger partial charge in [-0.2, -0.15) is 0 Å². The first-order valence-electron chi connectivity index (χ1n) is 15.3. The van der Waals surface area contributed by atoms with Gasteiger partial charge in [0.25, 0.3) is 0 Å². The van der Waals surface area contributed by atoms with Crippen LogP contribution >= 0.6 is 0 Å². The quantitative estimate of drug-likeness (QED) is 0.159. The van der Waals surface area contributed by atoms with Crippen molar-refractivity contribution in [2.75, 3.05) is 7.11 Å². The molecule has 0 saturated carbocycles. The number of ether oxygens (including phenoxy) is 1. The van der Waals surface area contributed by atoms with Crippen molar-refractivity contribution in [3.8, 4) is 51.0 Å². The maximum absolute atomic E-state index is 10.7. The van der Waals surface area contributed by atoms with Crippen molar-refractivity contribution in [1.82, 2.24) is 9.97 Å². The second-order valence-electron chi connectivity index (χ2n) is 11.1. The van der Waals surface area contributed by atoms with Crippen LogP contribution in [0.25, 0.3) is 44.1 Å². The van der Waals surface area contributed by atoms with Crippen LogP contribution in [0.1, 0.15) is 11.4 Å². The molecule has 0 fully saturated rings. The van der Waals surface area contributed by atoms with Crippen LogP contribution < -0.4 is 16.1 Å². The number of hydrogen-bond acceptors (Lipinski definition) is 7. The molecule has 0 amide bonds. The van der Waals surface area contributed by atoms with Crippen molar-refractivity contribution >= 4 is 37.0 Å². The molecule has 0 unspecified atom stereocenters. The van der Waals surface area contributed by atoms with Crippen molar-refractivity contribution < 1.29 is 21.2 Å². The van der Waals surface area contributed by atoms with Crippen molar-refractivity contribution in [3.63, 3.8) is 0 Å². The van der Waals surface area contributed by atoms with E-state index in [0.29, 0.717) is 45.1 Å². The van der Waals surface area contributed by atoms with Gasteiger partial charge in [-0.25, -0.2) is 9.97 Å². The minimum absolute atomic E-state index is 0.125. The molecule has 47 heavy (non-hydrogen) atoms. The average molecular weight is 635 g/mol. The third-order valence-corrected chi connectivity index (χ3v) is 9.19. The van der Waals surface area contributed by atoms with Gasteiger partial charge in [0, 0.05) is 45.4 Å². The van der Waals surface area contributed by atoms with Gasteiger partial charge in [0.2, 0.25) is 0 Å². The number of methoxy groups -OCH3 is 1. The van der Waals surface area contributed by atoms with Crippen molar-refractivity contribution in [2.24, 2.45) is 0 Å². The lowest BCUT2D eigenvalue weighted by Gasteiger charge is -2.22. The number of fused-ring (bicyclic) bond motifs is 2. The first-order valence-corrected chi connectivity index (χ1v) is 16.7. The lowest BCUT2D eigenvalue weighted by atomic mass is 9.97. The molecule has 0 atom stereocenters. The predicted molar refractivity (Wildman–Crippen MR) is 186 cm³/mol. The number of aromatic nitrogens is 2. The van der Waals surface area contributed by atoms with Gasteiger partial charge >= 0.3 is 15.1 Å². The third-order valence-electron chi connectivity index (χ3n) is 7.87. The average Bonchev–Trinajstić information content (AvgIpc) is 3.09. The van der Waals surface area contributed by atoms with Gasteiger partial charge in [-0.05, 0) is 49.2 Å². The molecule has 0 spiro atoms. The number of hydrogen-bond donors (Lipinski definition) is 1. The van der Waals surface area contributed by atoms with Crippen LogP contribution in [-0.4, -0.2) is 37.3 Å². The van der Waals surface area contributed by atoms with Crippen LogP contribution in [0.15, 0.2) is 127 Å². The highest BCUT2D eigenvalue weighted by Gasteiger charge is 2.46. The van der Waals surface area contributed by atoms with Gasteiger partial charge in [-0.3, -0.25) is 0 Å². The maximum atomic E-state index is 10.7. The summed E-state index contributed by atoms with van der Waals surface area (Å²) in [5.74, 6) is 2.41. The predicted octanol–water partition coefficient (Wildman–Crippen LogP) is 8.97. The summed E-state index contributed by atoms with van der Waals surface area (Å²) in [5, 5.41) is 12.1. The minimum atomic E-state index is -3.21. The highest BCUT2D eigenvalue weighted by atomic mass is 27.3. The number of para-hydroxylation sites is 3. The van der Waals surface area contributed by atoms with Crippen LogP contribution in [0.4, 0.5) is 0 Å². The van der Waals surface area contributed by atoms with Gasteiger partial charge < -0.3 is 21.2 Å². The van der Waals surface area contributed by atoms with E-state index < -0.39 is 15.1 Å². The van der Waals surface area contributed by atoms with E-state index in [1.165, 1.54) is 0 Å². The summed E-state index contributed by atoms with van der Waals surface area (Å²) in [6, 6.07) is 41.0. The molecule has 8 heteroatoms. The molecule has 2 heterocycles. The van der Waals surface area contributed by atoms with E-state index in [1.54, 1.807) is 13.2 Å². The van der Waals surface area contributed by atoms with Crippen molar-refractivity contribution in [3.05, 3.63) is 139 Å². The van der Waals surface area contributed by atoms with Gasteiger partial charge in [-0.1, -0.05) is 91.0 Å². The van der Waals surface area contributed by atoms with E-state index in [2.05, 4.69) is 24.3 Å². The minimum Gasteiger partial charge on any atom is -0.576 e. The molecule has 230 valence electrons. The summed E-state index contributed by atoms with van der Waals surface area (Å²) in [7, 11) is 1.64. The summed E-state index contributed by atoms with van der Waals surface area (Å²) in [4.78, 5) is 9.53. The van der Waals surface area contributed by atoms with Gasteiger partial charge in [-0.15, -0.1) is 0 Å². The summed E-state index contributed by atoms with van der Waals surface area (Å²) in [5.41, 5.74) is 6.38. The Labute approximate surface area is 278 Å². The number of pyridine rings is 2. The molecule has 5 aromatic carbocycles. The molecular formula is C39H31AlN2O5. The van der Waals surface area contributed by atoms with Gasteiger partial charge in [0.15, 0.2) is 0 Å². The Morgan fingerprint density at radius 1 is 0.532 bits per heavy atom. The van der Waals surface area contributed by atoms with E-state index >= 15 is 0 Å². The smallest absolute Gasteiger partial charge is 0.576 e. The van der Waals surface area contributed by atoms with Crippen LogP contribution in [0.3, 0.4) is 0 Å². The molecule has 0 bridgehead atoms. The lowest BCUT2D eigenvalue weighted by Crippen LogP contribution is -2.37. The Kier molecular flexibility index (Phi) is 8.37. The SMILES string of the molecule is COc1cc(C)nc2c([O][Al]([O]c3c(-c4ccccc4)cccc3-c3ccccc3)[O]c3cccc4c(O)cc(C)nc34)cccc12. The van der Waals surface area contributed by atoms with E-state index in [0.717, 1.165) is 33.3 Å². The molecule has 1 N–H and O–H groups in total. The largest absolute Gasteiger partial charge is 1.20 e. The Morgan fingerprint density at radius 2 is 1.04 bits per heavy atom. The monoisotopic (exact) mass is 634 g/mol. The highest BCUT2D eigenvalue weighted by molar-refractivity contribution is 6.40. The van der Waals surface area contributed by atoms with Crippen LogP contribution in [-0.2, 0) is 0 Å². The molecule has 0 saturated heterocycles. The number of aryl methyl sites for hydroxylation is 2. The summed E-state index contributed by atoms with van der Waals surface area (Å²) < 4.78 is 26.2. The second-order valence-corrected chi connectivity index (χ2v) is 12.4. The topological polar surface area (TPSA) is 82.9 Å². The fourth-order valence-corrected chi connectivity index (χ4v) is 7.12. The van der Waals surface area contributed by atoms with Crippen LogP contribution in [0.2, 0.25) is 0 Å². The summed E-state index contributed by atoms with van der Waals surface area (Å²) in [6.45, 7) is 3.75.